The SMILES string of the molecule is CCn1c2cc(-c3ccc4c(c3)[nH]c3c4c4c(c5c6ccccc6n(CC)c35)C(=O)N(CCN3CCOCC3)C4=O)ccc2c2c3c(c4c5ccccc5[nH]c4c21)C(=O)N(CCN(C)C)C3=O. The van der Waals surface area contributed by atoms with E-state index in [-0.39, 0.29) is 23.6 Å². The second kappa shape index (κ2) is 14.6. The van der Waals surface area contributed by atoms with Crippen LogP contribution in [0.3, 0.4) is 0 Å². The summed E-state index contributed by atoms with van der Waals surface area (Å²) < 4.78 is 10.1. The molecule has 2 N–H and O–H groups in total. The van der Waals surface area contributed by atoms with Crippen molar-refractivity contribution in [2.45, 2.75) is 26.9 Å². The number of para-hydroxylation sites is 2. The molecule has 0 spiro atoms. The highest BCUT2D eigenvalue weighted by Crippen LogP contribution is 2.48. The molecule has 0 saturated carbocycles. The summed E-state index contributed by atoms with van der Waals surface area (Å²) in [4.78, 5) is 73.0. The lowest BCUT2D eigenvalue weighted by atomic mass is 9.95. The number of nitrogens with zero attached hydrogens (tertiary/aromatic N) is 6. The molecule has 67 heavy (non-hydrogen) atoms. The number of likely N-dealkylation sites (N-methyl/N-ethyl adjacent to an activating group) is 1. The van der Waals surface area contributed by atoms with Crippen molar-refractivity contribution in [3.05, 3.63) is 107 Å². The first-order valence-corrected chi connectivity index (χ1v) is 23.4. The van der Waals surface area contributed by atoms with Crippen LogP contribution in [-0.4, -0.2) is 129 Å². The highest BCUT2D eigenvalue weighted by Gasteiger charge is 2.43. The van der Waals surface area contributed by atoms with Gasteiger partial charge in [-0.3, -0.25) is 33.9 Å². The Morgan fingerprint density at radius 1 is 0.537 bits per heavy atom. The van der Waals surface area contributed by atoms with E-state index in [9.17, 15) is 19.2 Å². The van der Waals surface area contributed by atoms with Gasteiger partial charge in [0.15, 0.2) is 0 Å². The van der Waals surface area contributed by atoms with Gasteiger partial charge in [0.05, 0.1) is 57.5 Å². The summed E-state index contributed by atoms with van der Waals surface area (Å²) in [6, 6.07) is 28.9. The maximum atomic E-state index is 14.8. The van der Waals surface area contributed by atoms with E-state index in [1.54, 1.807) is 0 Å². The van der Waals surface area contributed by atoms with Gasteiger partial charge in [-0.15, -0.1) is 0 Å². The number of morpholine rings is 1. The van der Waals surface area contributed by atoms with Crippen molar-refractivity contribution in [3.8, 4) is 11.1 Å². The number of imide groups is 2. The first kappa shape index (κ1) is 40.0. The van der Waals surface area contributed by atoms with Gasteiger partial charge in [-0.1, -0.05) is 60.7 Å². The average molecular weight is 889 g/mol. The average Bonchev–Trinajstić information content (AvgIpc) is 4.17. The smallest absolute Gasteiger partial charge is 0.262 e. The molecule has 0 atom stereocenters. The number of carbonyl (C=O) groups is 4. The fraction of sp³-hybridized carbons (Fsp3) is 0.259. The van der Waals surface area contributed by atoms with Crippen molar-refractivity contribution in [1.82, 2.24) is 38.7 Å². The second-order valence-corrected chi connectivity index (χ2v) is 18.5. The minimum absolute atomic E-state index is 0.243. The summed E-state index contributed by atoms with van der Waals surface area (Å²) in [6.07, 6.45) is 0. The zero-order valence-electron chi connectivity index (χ0n) is 37.9. The van der Waals surface area contributed by atoms with E-state index in [4.69, 9.17) is 4.74 Å². The van der Waals surface area contributed by atoms with Crippen molar-refractivity contribution in [3.63, 3.8) is 0 Å². The van der Waals surface area contributed by atoms with Crippen LogP contribution < -0.4 is 0 Å². The third-order valence-corrected chi connectivity index (χ3v) is 14.8. The molecule has 7 heterocycles. The first-order valence-electron chi connectivity index (χ1n) is 23.4. The van der Waals surface area contributed by atoms with E-state index in [2.05, 4.69) is 86.4 Å². The van der Waals surface area contributed by atoms with E-state index in [1.807, 2.05) is 55.4 Å². The normalized spacial score (nSPS) is 16.0. The standard InChI is InChI=1S/C54H48N8O5/c1-5-59-37-14-10-8-12-33(37)41-45-44(52(64)62(54(45)66)22-20-58-23-25-67-26-24-58)40-32-17-15-29(27-36(32)56-48(40)49(41)59)30-16-18-34-38(28-30)60(6-2)50-42(34)46-43(51(63)61(53(46)65)21-19-57(3)4)39-31-11-7-9-13-35(31)55-47(39)50/h7-18,27-28,55-56H,5-6,19-26H2,1-4H3. The maximum Gasteiger partial charge on any atom is 0.262 e. The molecule has 3 aliphatic heterocycles. The van der Waals surface area contributed by atoms with Gasteiger partial charge in [0.25, 0.3) is 23.6 Å². The predicted molar refractivity (Wildman–Crippen MR) is 265 cm³/mol. The quantitative estimate of drug-likeness (QED) is 0.138. The Bertz CT molecular complexity index is 3860. The highest BCUT2D eigenvalue weighted by molar-refractivity contribution is 6.41. The summed E-state index contributed by atoms with van der Waals surface area (Å²) in [6.45, 7) is 10.1. The van der Waals surface area contributed by atoms with Gasteiger partial charge >= 0.3 is 0 Å². The molecule has 10 aromatic rings. The van der Waals surface area contributed by atoms with Crippen LogP contribution in [0.5, 0.6) is 0 Å². The molecule has 3 aliphatic rings. The molecule has 13 heteroatoms. The van der Waals surface area contributed by atoms with Crippen LogP contribution >= 0.6 is 0 Å². The topological polar surface area (TPSA) is 132 Å². The van der Waals surface area contributed by atoms with E-state index in [0.717, 1.165) is 111 Å². The van der Waals surface area contributed by atoms with Crippen molar-refractivity contribution in [2.24, 2.45) is 0 Å². The summed E-state index contributed by atoms with van der Waals surface area (Å²) in [5.41, 5.74) is 11.1. The zero-order valence-corrected chi connectivity index (χ0v) is 37.9. The minimum Gasteiger partial charge on any atom is -0.379 e. The molecular weight excluding hydrogens is 841 g/mol. The predicted octanol–water partition coefficient (Wildman–Crippen LogP) is 8.96. The number of benzene rings is 6. The van der Waals surface area contributed by atoms with Gasteiger partial charge in [-0.2, -0.15) is 0 Å². The van der Waals surface area contributed by atoms with E-state index in [0.29, 0.717) is 74.7 Å². The molecule has 13 nitrogen and oxygen atoms in total. The molecule has 0 radical (unpaired) electrons. The van der Waals surface area contributed by atoms with Crippen molar-refractivity contribution in [2.75, 3.05) is 66.6 Å². The van der Waals surface area contributed by atoms with Gasteiger partial charge < -0.3 is 28.7 Å². The minimum atomic E-state index is -0.259. The molecule has 1 saturated heterocycles. The Kier molecular flexibility index (Phi) is 8.71. The van der Waals surface area contributed by atoms with Crippen LogP contribution in [0.25, 0.3) is 98.4 Å². The Hall–Kier alpha value is -7.32. The Balaban J connectivity index is 1.01. The van der Waals surface area contributed by atoms with Gasteiger partial charge in [-0.25, -0.2) is 0 Å². The van der Waals surface area contributed by atoms with Crippen LogP contribution in [0.4, 0.5) is 0 Å². The van der Waals surface area contributed by atoms with Gasteiger partial charge in [0.2, 0.25) is 0 Å². The highest BCUT2D eigenvalue weighted by atomic mass is 16.5. The van der Waals surface area contributed by atoms with Crippen LogP contribution in [0.2, 0.25) is 0 Å². The number of aryl methyl sites for hydroxylation is 2. The molecule has 0 unspecified atom stereocenters. The number of aromatic nitrogens is 4. The number of ether oxygens (including phenoxy) is 1. The lowest BCUT2D eigenvalue weighted by Gasteiger charge is -2.27. The Morgan fingerprint density at radius 2 is 1.04 bits per heavy atom. The molecule has 334 valence electrons. The van der Waals surface area contributed by atoms with Gasteiger partial charge in [0.1, 0.15) is 0 Å². The molecule has 6 aromatic carbocycles. The number of nitrogens with one attached hydrogen (secondary N) is 2. The van der Waals surface area contributed by atoms with Crippen molar-refractivity contribution in [1.29, 1.82) is 0 Å². The molecule has 0 aliphatic carbocycles. The Labute approximate surface area is 384 Å². The number of aromatic amines is 2. The number of fused-ring (bicyclic) bond motifs is 20. The first-order chi connectivity index (χ1) is 32.7. The van der Waals surface area contributed by atoms with Crippen LogP contribution in [0, 0.1) is 0 Å². The number of hydrogen-bond donors (Lipinski definition) is 2. The van der Waals surface area contributed by atoms with Crippen molar-refractivity contribution < 1.29 is 23.9 Å². The van der Waals surface area contributed by atoms with Crippen LogP contribution in [0.1, 0.15) is 55.3 Å². The molecule has 1 fully saturated rings. The zero-order chi connectivity index (χ0) is 45.6. The Morgan fingerprint density at radius 3 is 1.69 bits per heavy atom. The number of H-pyrrole nitrogens is 2. The number of hydrogen-bond acceptors (Lipinski definition) is 7. The third-order valence-electron chi connectivity index (χ3n) is 14.8. The molecule has 0 bridgehead atoms. The van der Waals surface area contributed by atoms with E-state index >= 15 is 0 Å². The van der Waals surface area contributed by atoms with E-state index < -0.39 is 0 Å². The third kappa shape index (κ3) is 5.41. The number of carbonyl (C=O) groups excluding carboxylic acids is 4. The lowest BCUT2D eigenvalue weighted by Crippen LogP contribution is -2.42. The molecular formula is C54H48N8O5. The summed E-state index contributed by atoms with van der Waals surface area (Å²) in [5, 5.41) is 6.81. The van der Waals surface area contributed by atoms with Gasteiger partial charge in [0, 0.05) is 118 Å². The fourth-order valence-electron chi connectivity index (χ4n) is 11.8. The fourth-order valence-corrected chi connectivity index (χ4v) is 11.8. The van der Waals surface area contributed by atoms with Crippen LogP contribution in [-0.2, 0) is 17.8 Å². The van der Waals surface area contributed by atoms with Crippen LogP contribution in [0.15, 0.2) is 84.9 Å². The number of amides is 4. The van der Waals surface area contributed by atoms with Gasteiger partial charge in [-0.05, 0) is 63.3 Å². The maximum absolute atomic E-state index is 14.8. The molecule has 13 rings (SSSR count). The largest absolute Gasteiger partial charge is 0.379 e. The van der Waals surface area contributed by atoms with E-state index in [1.165, 1.54) is 9.80 Å². The summed E-state index contributed by atoms with van der Waals surface area (Å²) in [5.74, 6) is -1.01. The number of rotatable bonds is 9. The lowest BCUT2D eigenvalue weighted by molar-refractivity contribution is 0.0325. The van der Waals surface area contributed by atoms with Crippen molar-refractivity contribution >= 4 is 111 Å². The monoisotopic (exact) mass is 888 g/mol. The molecule has 4 amide bonds. The molecule has 4 aromatic heterocycles. The summed E-state index contributed by atoms with van der Waals surface area (Å²) in [7, 11) is 3.89. The second-order valence-electron chi connectivity index (χ2n) is 18.5. The summed E-state index contributed by atoms with van der Waals surface area (Å²) >= 11 is 0.